The summed E-state index contributed by atoms with van der Waals surface area (Å²) in [7, 11) is 2.06. The molecule has 0 aliphatic heterocycles. The van der Waals surface area contributed by atoms with Crippen molar-refractivity contribution in [3.8, 4) is 0 Å². The molecule has 0 bridgehead atoms. The van der Waals surface area contributed by atoms with Gasteiger partial charge in [-0.3, -0.25) is 0 Å². The molecule has 0 unspecified atom stereocenters. The summed E-state index contributed by atoms with van der Waals surface area (Å²) in [6.45, 7) is 10.3. The minimum atomic E-state index is 0. The lowest BCUT2D eigenvalue weighted by Crippen LogP contribution is -2.40. The molecule has 5 nitrogen and oxygen atoms in total. The molecule has 0 spiro atoms. The van der Waals surface area contributed by atoms with Gasteiger partial charge in [0.05, 0.1) is 23.9 Å². The zero-order valence-corrected chi connectivity index (χ0v) is 17.7. The van der Waals surface area contributed by atoms with Crippen molar-refractivity contribution >= 4 is 41.3 Å². The molecule has 7 heteroatoms. The maximum Gasteiger partial charge on any atom is 0.194 e. The minimum absolute atomic E-state index is 0. The molecular formula is C16H29IN4OS. The topological polar surface area (TPSA) is 49.8 Å². The van der Waals surface area contributed by atoms with E-state index in [1.54, 1.807) is 11.3 Å². The van der Waals surface area contributed by atoms with E-state index in [1.807, 2.05) is 6.92 Å². The quantitative estimate of drug-likeness (QED) is 0.285. The van der Waals surface area contributed by atoms with Gasteiger partial charge in [0, 0.05) is 31.6 Å². The van der Waals surface area contributed by atoms with Gasteiger partial charge in [-0.25, -0.2) is 9.98 Å². The Bertz CT molecular complexity index is 502. The minimum Gasteiger partial charge on any atom is -0.379 e. The molecule has 1 N–H and O–H groups in total. The number of nitrogens with one attached hydrogen (secondary N) is 1. The fraction of sp³-hybridized carbons (Fsp3) is 0.750. The molecule has 1 aliphatic rings. The van der Waals surface area contributed by atoms with Crippen molar-refractivity contribution in [2.45, 2.75) is 40.2 Å². The molecule has 132 valence electrons. The first-order valence-electron chi connectivity index (χ1n) is 8.10. The Morgan fingerprint density at radius 1 is 1.43 bits per heavy atom. The zero-order chi connectivity index (χ0) is 15.9. The van der Waals surface area contributed by atoms with Crippen LogP contribution in [-0.2, 0) is 11.3 Å². The first-order valence-corrected chi connectivity index (χ1v) is 8.92. The van der Waals surface area contributed by atoms with Gasteiger partial charge in [0.1, 0.15) is 0 Å². The largest absolute Gasteiger partial charge is 0.379 e. The van der Waals surface area contributed by atoms with E-state index in [2.05, 4.69) is 36.1 Å². The summed E-state index contributed by atoms with van der Waals surface area (Å²) >= 11 is 1.73. The Kier molecular flexibility index (Phi) is 9.38. The number of rotatable bonds is 8. The summed E-state index contributed by atoms with van der Waals surface area (Å²) in [5.41, 5.74) is 1.09. The molecule has 0 radical (unpaired) electrons. The second-order valence-electron chi connectivity index (χ2n) is 5.85. The van der Waals surface area contributed by atoms with Gasteiger partial charge in [-0.2, -0.15) is 0 Å². The number of thiazole rings is 1. The monoisotopic (exact) mass is 452 g/mol. The third-order valence-corrected chi connectivity index (χ3v) is 4.75. The number of nitrogens with zero attached hydrogens (tertiary/aromatic N) is 3. The summed E-state index contributed by atoms with van der Waals surface area (Å²) in [5, 5.41) is 4.45. The predicted molar refractivity (Wildman–Crippen MR) is 108 cm³/mol. The van der Waals surface area contributed by atoms with Crippen molar-refractivity contribution in [3.63, 3.8) is 0 Å². The number of aryl methyl sites for hydroxylation is 2. The number of hydrogen-bond donors (Lipinski definition) is 1. The standard InChI is InChI=1S/C16H28N4OS.HI/c1-5-17-16(18-10-15-12(2)19-13(3)22-15)20(4)8-9-21-11-14-6-7-14;/h14H,5-11H2,1-4H3,(H,17,18);1H. The van der Waals surface area contributed by atoms with Gasteiger partial charge in [-0.05, 0) is 39.5 Å². The second-order valence-corrected chi connectivity index (χ2v) is 7.14. The molecule has 1 aromatic heterocycles. The molecule has 1 aliphatic carbocycles. The smallest absolute Gasteiger partial charge is 0.194 e. The third kappa shape index (κ3) is 7.34. The van der Waals surface area contributed by atoms with Crippen molar-refractivity contribution in [3.05, 3.63) is 15.6 Å². The van der Waals surface area contributed by atoms with Gasteiger partial charge in [0.2, 0.25) is 0 Å². The molecule has 1 fully saturated rings. The number of aliphatic imine (C=N–C) groups is 1. The van der Waals surface area contributed by atoms with Gasteiger partial charge in [0.25, 0.3) is 0 Å². The Morgan fingerprint density at radius 3 is 2.74 bits per heavy atom. The Balaban J connectivity index is 0.00000264. The van der Waals surface area contributed by atoms with Crippen LogP contribution in [-0.4, -0.2) is 49.2 Å². The van der Waals surface area contributed by atoms with E-state index in [-0.39, 0.29) is 24.0 Å². The van der Waals surface area contributed by atoms with Crippen molar-refractivity contribution in [2.75, 3.05) is 33.4 Å². The summed E-state index contributed by atoms with van der Waals surface area (Å²) in [6, 6.07) is 0. The normalized spacial score (nSPS) is 14.5. The van der Waals surface area contributed by atoms with Crippen LogP contribution in [0.3, 0.4) is 0 Å². The van der Waals surface area contributed by atoms with Gasteiger partial charge < -0.3 is 15.0 Å². The molecule has 0 aromatic carbocycles. The molecule has 23 heavy (non-hydrogen) atoms. The highest BCUT2D eigenvalue weighted by atomic mass is 127. The number of hydrogen-bond acceptors (Lipinski definition) is 4. The molecule has 1 heterocycles. The van der Waals surface area contributed by atoms with Crippen LogP contribution in [0.4, 0.5) is 0 Å². The predicted octanol–water partition coefficient (Wildman–Crippen LogP) is 3.20. The van der Waals surface area contributed by atoms with E-state index in [4.69, 9.17) is 9.73 Å². The second kappa shape index (κ2) is 10.5. The first kappa shape index (κ1) is 20.6. The molecule has 1 aromatic rings. The van der Waals surface area contributed by atoms with Gasteiger partial charge in [-0.1, -0.05) is 0 Å². The van der Waals surface area contributed by atoms with Crippen molar-refractivity contribution in [1.82, 2.24) is 15.2 Å². The molecular weight excluding hydrogens is 423 g/mol. The van der Waals surface area contributed by atoms with E-state index in [9.17, 15) is 0 Å². The Morgan fingerprint density at radius 2 is 2.17 bits per heavy atom. The number of aromatic nitrogens is 1. The number of guanidine groups is 1. The Hall–Kier alpha value is -0.410. The maximum atomic E-state index is 5.71. The highest BCUT2D eigenvalue weighted by Gasteiger charge is 2.21. The zero-order valence-electron chi connectivity index (χ0n) is 14.6. The fourth-order valence-corrected chi connectivity index (χ4v) is 3.04. The third-order valence-electron chi connectivity index (χ3n) is 3.69. The summed E-state index contributed by atoms with van der Waals surface area (Å²) in [6.07, 6.45) is 2.68. The first-order chi connectivity index (χ1) is 10.6. The van der Waals surface area contributed by atoms with E-state index >= 15 is 0 Å². The molecule has 0 saturated heterocycles. The van der Waals surface area contributed by atoms with Gasteiger partial charge >= 0.3 is 0 Å². The summed E-state index contributed by atoms with van der Waals surface area (Å²) in [4.78, 5) is 12.6. The Labute approximate surface area is 160 Å². The van der Waals surface area contributed by atoms with Crippen molar-refractivity contribution < 1.29 is 4.74 Å². The van der Waals surface area contributed by atoms with Crippen LogP contribution in [0, 0.1) is 19.8 Å². The van der Waals surface area contributed by atoms with Crippen LogP contribution < -0.4 is 5.32 Å². The van der Waals surface area contributed by atoms with Gasteiger partial charge in [-0.15, -0.1) is 35.3 Å². The van der Waals surface area contributed by atoms with Crippen LogP contribution in [0.2, 0.25) is 0 Å². The molecule has 2 rings (SSSR count). The molecule has 1 saturated carbocycles. The van der Waals surface area contributed by atoms with E-state index < -0.39 is 0 Å². The number of ether oxygens (including phenoxy) is 1. The van der Waals surface area contributed by atoms with Crippen LogP contribution >= 0.6 is 35.3 Å². The lowest BCUT2D eigenvalue weighted by molar-refractivity contribution is 0.115. The lowest BCUT2D eigenvalue weighted by atomic mass is 10.4. The summed E-state index contributed by atoms with van der Waals surface area (Å²) < 4.78 is 5.71. The van der Waals surface area contributed by atoms with Crippen molar-refractivity contribution in [1.29, 1.82) is 0 Å². The van der Waals surface area contributed by atoms with Gasteiger partial charge in [0.15, 0.2) is 5.96 Å². The SMILES string of the molecule is CCNC(=NCc1sc(C)nc1C)N(C)CCOCC1CC1.I. The van der Waals surface area contributed by atoms with E-state index in [1.165, 1.54) is 17.7 Å². The molecule has 0 amide bonds. The van der Waals surface area contributed by atoms with Crippen molar-refractivity contribution in [2.24, 2.45) is 10.9 Å². The maximum absolute atomic E-state index is 5.71. The van der Waals surface area contributed by atoms with E-state index in [0.29, 0.717) is 6.54 Å². The van der Waals surface area contributed by atoms with E-state index in [0.717, 1.165) is 48.9 Å². The fourth-order valence-electron chi connectivity index (χ4n) is 2.18. The summed E-state index contributed by atoms with van der Waals surface area (Å²) in [5.74, 6) is 1.76. The van der Waals surface area contributed by atoms with Crippen LogP contribution in [0.5, 0.6) is 0 Å². The average Bonchev–Trinajstić information content (AvgIpc) is 3.24. The highest BCUT2D eigenvalue weighted by Crippen LogP contribution is 2.28. The molecule has 0 atom stereocenters. The van der Waals surface area contributed by atoms with Crippen LogP contribution in [0.25, 0.3) is 0 Å². The van der Waals surface area contributed by atoms with Crippen LogP contribution in [0.15, 0.2) is 4.99 Å². The lowest BCUT2D eigenvalue weighted by Gasteiger charge is -2.22. The van der Waals surface area contributed by atoms with Crippen LogP contribution in [0.1, 0.15) is 35.3 Å². The number of likely N-dealkylation sites (N-methyl/N-ethyl adjacent to an activating group) is 1. The number of halogens is 1. The average molecular weight is 452 g/mol. The highest BCUT2D eigenvalue weighted by molar-refractivity contribution is 14.0.